The summed E-state index contributed by atoms with van der Waals surface area (Å²) in [4.78, 5) is 14.1. The molecular formula is C14H23N5O2. The topological polar surface area (TPSA) is 84.1 Å². The lowest BCUT2D eigenvalue weighted by Gasteiger charge is -2.41. The number of amides is 1. The van der Waals surface area contributed by atoms with E-state index in [-0.39, 0.29) is 11.8 Å². The molecule has 7 heteroatoms. The van der Waals surface area contributed by atoms with Crippen molar-refractivity contribution in [1.29, 1.82) is 0 Å². The van der Waals surface area contributed by atoms with Crippen molar-refractivity contribution in [1.82, 2.24) is 25.1 Å². The maximum absolute atomic E-state index is 12.3. The second kappa shape index (κ2) is 5.71. The number of aromatic nitrogens is 4. The van der Waals surface area contributed by atoms with Crippen molar-refractivity contribution in [2.24, 2.45) is 11.8 Å². The number of carbonyl (C=O) groups excluding carboxylic acids is 1. The van der Waals surface area contributed by atoms with E-state index in [1.165, 1.54) is 6.42 Å². The number of nitrogens with zero attached hydrogens (tertiary/aromatic N) is 5. The number of β-amino-alcohol motifs (C(OH)–C–C–N with tert-alkyl or cyclic N) is 1. The fraction of sp³-hybridized carbons (Fsp3) is 0.857. The van der Waals surface area contributed by atoms with Crippen LogP contribution in [0.3, 0.4) is 0 Å². The summed E-state index contributed by atoms with van der Waals surface area (Å²) in [6.07, 6.45) is 6.16. The van der Waals surface area contributed by atoms with Gasteiger partial charge in [0.2, 0.25) is 5.91 Å². The molecule has 21 heavy (non-hydrogen) atoms. The van der Waals surface area contributed by atoms with Gasteiger partial charge < -0.3 is 10.0 Å². The zero-order valence-corrected chi connectivity index (χ0v) is 12.5. The summed E-state index contributed by atoms with van der Waals surface area (Å²) in [5.74, 6) is 0.683. The molecule has 0 radical (unpaired) electrons. The van der Waals surface area contributed by atoms with E-state index in [4.69, 9.17) is 0 Å². The Labute approximate surface area is 124 Å². The molecule has 2 fully saturated rings. The molecule has 2 aliphatic rings. The summed E-state index contributed by atoms with van der Waals surface area (Å²) in [7, 11) is 0. The SMILES string of the molecule is C[C@@H]1CN(C(=O)CCCn2cnnn2)C[C@@]1(O)C1CCC1. The quantitative estimate of drug-likeness (QED) is 0.852. The van der Waals surface area contributed by atoms with E-state index in [9.17, 15) is 9.90 Å². The minimum absolute atomic E-state index is 0.130. The Hall–Kier alpha value is -1.50. The van der Waals surface area contributed by atoms with E-state index in [0.29, 0.717) is 32.0 Å². The number of carbonyl (C=O) groups is 1. The van der Waals surface area contributed by atoms with E-state index in [1.54, 1.807) is 11.0 Å². The van der Waals surface area contributed by atoms with Gasteiger partial charge in [0.1, 0.15) is 6.33 Å². The maximum atomic E-state index is 12.3. The van der Waals surface area contributed by atoms with Gasteiger partial charge in [-0.1, -0.05) is 13.3 Å². The van der Waals surface area contributed by atoms with Crippen molar-refractivity contribution >= 4 is 5.91 Å². The Morgan fingerprint density at radius 3 is 2.90 bits per heavy atom. The van der Waals surface area contributed by atoms with E-state index in [0.717, 1.165) is 19.3 Å². The summed E-state index contributed by atoms with van der Waals surface area (Å²) in [6.45, 7) is 3.89. The number of aliphatic hydroxyl groups is 1. The smallest absolute Gasteiger partial charge is 0.222 e. The molecule has 0 bridgehead atoms. The molecule has 2 atom stereocenters. The Morgan fingerprint density at radius 2 is 2.29 bits per heavy atom. The molecule has 1 N–H and O–H groups in total. The first-order chi connectivity index (χ1) is 10.1. The van der Waals surface area contributed by atoms with Crippen LogP contribution in [-0.2, 0) is 11.3 Å². The van der Waals surface area contributed by atoms with Crippen molar-refractivity contribution in [3.05, 3.63) is 6.33 Å². The number of rotatable bonds is 5. The van der Waals surface area contributed by atoms with Crippen LogP contribution in [0.4, 0.5) is 0 Å². The highest BCUT2D eigenvalue weighted by atomic mass is 16.3. The molecule has 0 aromatic carbocycles. The number of hydrogen-bond donors (Lipinski definition) is 1. The van der Waals surface area contributed by atoms with Crippen LogP contribution in [0.2, 0.25) is 0 Å². The number of aryl methyl sites for hydroxylation is 1. The molecule has 0 unspecified atom stereocenters. The molecule has 3 rings (SSSR count). The summed E-state index contributed by atoms with van der Waals surface area (Å²) in [5.41, 5.74) is -0.663. The summed E-state index contributed by atoms with van der Waals surface area (Å²) < 4.78 is 1.63. The van der Waals surface area contributed by atoms with Crippen LogP contribution in [0.25, 0.3) is 0 Å². The highest BCUT2D eigenvalue weighted by Crippen LogP contribution is 2.44. The van der Waals surface area contributed by atoms with Crippen LogP contribution in [0.5, 0.6) is 0 Å². The highest BCUT2D eigenvalue weighted by molar-refractivity contribution is 5.76. The molecule has 1 aromatic heterocycles. The van der Waals surface area contributed by atoms with Gasteiger partial charge in [-0.3, -0.25) is 4.79 Å². The molecule has 1 aliphatic carbocycles. The fourth-order valence-electron chi connectivity index (χ4n) is 3.48. The van der Waals surface area contributed by atoms with Crippen molar-refractivity contribution in [3.8, 4) is 0 Å². The maximum Gasteiger partial charge on any atom is 0.222 e. The predicted octanol–water partition coefficient (Wildman–Crippen LogP) is 0.463. The van der Waals surface area contributed by atoms with Gasteiger partial charge in [-0.05, 0) is 35.6 Å². The number of hydrogen-bond acceptors (Lipinski definition) is 5. The van der Waals surface area contributed by atoms with Gasteiger partial charge in [-0.2, -0.15) is 0 Å². The lowest BCUT2D eigenvalue weighted by Crippen LogP contribution is -2.48. The molecule has 2 heterocycles. The number of tetrazole rings is 1. The van der Waals surface area contributed by atoms with Gasteiger partial charge in [0.05, 0.1) is 5.60 Å². The third-order valence-electron chi connectivity index (χ3n) is 5.13. The average Bonchev–Trinajstić information content (AvgIpc) is 2.97. The molecule has 1 saturated heterocycles. The molecule has 0 spiro atoms. The summed E-state index contributed by atoms with van der Waals surface area (Å²) in [6, 6.07) is 0. The lowest BCUT2D eigenvalue weighted by atomic mass is 9.69. The zero-order valence-electron chi connectivity index (χ0n) is 12.5. The van der Waals surface area contributed by atoms with Gasteiger partial charge >= 0.3 is 0 Å². The first kappa shape index (κ1) is 14.4. The van der Waals surface area contributed by atoms with Gasteiger partial charge in [0, 0.05) is 32.0 Å². The van der Waals surface area contributed by atoms with Crippen LogP contribution in [0.15, 0.2) is 6.33 Å². The Morgan fingerprint density at radius 1 is 1.48 bits per heavy atom. The van der Waals surface area contributed by atoms with Crippen LogP contribution in [0.1, 0.15) is 39.0 Å². The minimum Gasteiger partial charge on any atom is -0.387 e. The first-order valence-electron chi connectivity index (χ1n) is 7.80. The normalized spacial score (nSPS) is 29.6. The monoisotopic (exact) mass is 293 g/mol. The number of likely N-dealkylation sites (tertiary alicyclic amines) is 1. The van der Waals surface area contributed by atoms with Crippen LogP contribution in [0, 0.1) is 11.8 Å². The Balaban J connectivity index is 1.49. The molecule has 1 saturated carbocycles. The predicted molar refractivity (Wildman–Crippen MR) is 75.1 cm³/mol. The third-order valence-corrected chi connectivity index (χ3v) is 5.13. The zero-order chi connectivity index (χ0) is 14.9. The summed E-state index contributed by atoms with van der Waals surface area (Å²) in [5, 5.41) is 21.8. The van der Waals surface area contributed by atoms with Gasteiger partial charge in [-0.15, -0.1) is 5.10 Å². The van der Waals surface area contributed by atoms with Crippen molar-refractivity contribution in [3.63, 3.8) is 0 Å². The van der Waals surface area contributed by atoms with Gasteiger partial charge in [0.15, 0.2) is 0 Å². The van der Waals surface area contributed by atoms with E-state index < -0.39 is 5.60 Å². The van der Waals surface area contributed by atoms with E-state index in [2.05, 4.69) is 22.4 Å². The van der Waals surface area contributed by atoms with Crippen molar-refractivity contribution in [2.45, 2.75) is 51.2 Å². The molecular weight excluding hydrogens is 270 g/mol. The largest absolute Gasteiger partial charge is 0.387 e. The van der Waals surface area contributed by atoms with Crippen LogP contribution in [-0.4, -0.2) is 54.8 Å². The lowest BCUT2D eigenvalue weighted by molar-refractivity contribution is -0.132. The Kier molecular flexibility index (Phi) is 3.93. The average molecular weight is 293 g/mol. The molecule has 1 aromatic rings. The second-order valence-electron chi connectivity index (χ2n) is 6.47. The minimum atomic E-state index is -0.663. The Bertz CT molecular complexity index is 488. The molecule has 116 valence electrons. The standard InChI is InChI=1S/C14H23N5O2/c1-11-8-18(9-14(11,21)12-4-2-5-12)13(20)6-3-7-19-10-15-16-17-19/h10-12,21H,2-9H2,1H3/t11-,14+/m1/s1. The van der Waals surface area contributed by atoms with E-state index in [1.807, 2.05) is 4.90 Å². The molecule has 1 amide bonds. The van der Waals surface area contributed by atoms with Crippen molar-refractivity contribution in [2.75, 3.05) is 13.1 Å². The second-order valence-corrected chi connectivity index (χ2v) is 6.47. The molecule has 7 nitrogen and oxygen atoms in total. The third kappa shape index (κ3) is 2.79. The van der Waals surface area contributed by atoms with Crippen LogP contribution >= 0.6 is 0 Å². The summed E-state index contributed by atoms with van der Waals surface area (Å²) >= 11 is 0. The fourth-order valence-corrected chi connectivity index (χ4v) is 3.48. The first-order valence-corrected chi connectivity index (χ1v) is 7.80. The molecule has 1 aliphatic heterocycles. The van der Waals surface area contributed by atoms with Gasteiger partial charge in [0.25, 0.3) is 0 Å². The van der Waals surface area contributed by atoms with Crippen LogP contribution < -0.4 is 0 Å². The van der Waals surface area contributed by atoms with Gasteiger partial charge in [-0.25, -0.2) is 4.68 Å². The highest BCUT2D eigenvalue weighted by Gasteiger charge is 2.50. The van der Waals surface area contributed by atoms with E-state index >= 15 is 0 Å². The van der Waals surface area contributed by atoms with Crippen molar-refractivity contribution < 1.29 is 9.90 Å².